The molecule has 21 heavy (non-hydrogen) atoms. The Morgan fingerprint density at radius 3 is 2.81 bits per heavy atom. The lowest BCUT2D eigenvalue weighted by Gasteiger charge is -2.12. The van der Waals surface area contributed by atoms with Gasteiger partial charge in [0.1, 0.15) is 0 Å². The summed E-state index contributed by atoms with van der Waals surface area (Å²) >= 11 is 0. The lowest BCUT2D eigenvalue weighted by atomic mass is 10.1. The number of sulfonamides is 1. The normalized spacial score (nSPS) is 18.2. The van der Waals surface area contributed by atoms with Gasteiger partial charge in [-0.05, 0) is 31.5 Å². The Kier molecular flexibility index (Phi) is 6.80. The molecule has 1 saturated heterocycles. The van der Waals surface area contributed by atoms with Crippen LogP contribution in [0.4, 0.5) is 0 Å². The van der Waals surface area contributed by atoms with Crippen molar-refractivity contribution in [3.8, 4) is 0 Å². The second kappa shape index (κ2) is 7.89. The Morgan fingerprint density at radius 1 is 1.43 bits per heavy atom. The standard InChI is InChI=1S/C14H20N2O3S.ClH/c1-2-14(17)11-5-3-7-13(9-11)20(18,19)16-10-12-6-4-8-15-12;/h3,5,7,9,12,15-16H,2,4,6,8,10H2,1H3;1H. The zero-order valence-corrected chi connectivity index (χ0v) is 13.6. The Balaban J connectivity index is 0.00000220. The predicted octanol–water partition coefficient (Wildman–Crippen LogP) is 1.73. The number of carbonyl (C=O) groups is 1. The third kappa shape index (κ3) is 4.78. The van der Waals surface area contributed by atoms with Gasteiger partial charge in [0.2, 0.25) is 10.0 Å². The summed E-state index contributed by atoms with van der Waals surface area (Å²) in [6.07, 6.45) is 2.42. The quantitative estimate of drug-likeness (QED) is 0.778. The van der Waals surface area contributed by atoms with E-state index in [2.05, 4.69) is 10.0 Å². The average molecular weight is 333 g/mol. The van der Waals surface area contributed by atoms with Gasteiger partial charge in [0.05, 0.1) is 4.90 Å². The van der Waals surface area contributed by atoms with E-state index in [4.69, 9.17) is 0 Å². The molecule has 1 aliphatic heterocycles. The van der Waals surface area contributed by atoms with Gasteiger partial charge in [0, 0.05) is 24.6 Å². The van der Waals surface area contributed by atoms with E-state index in [1.807, 2.05) is 0 Å². The molecular weight excluding hydrogens is 312 g/mol. The van der Waals surface area contributed by atoms with Gasteiger partial charge in [-0.25, -0.2) is 13.1 Å². The van der Waals surface area contributed by atoms with Gasteiger partial charge in [-0.2, -0.15) is 0 Å². The summed E-state index contributed by atoms with van der Waals surface area (Å²) in [7, 11) is -3.55. The number of ketones is 1. The van der Waals surface area contributed by atoms with E-state index in [9.17, 15) is 13.2 Å². The maximum atomic E-state index is 12.2. The molecule has 0 aliphatic carbocycles. The van der Waals surface area contributed by atoms with Crippen LogP contribution in [0.1, 0.15) is 36.5 Å². The molecule has 0 saturated carbocycles. The first-order valence-corrected chi connectivity index (χ1v) is 8.37. The molecule has 7 heteroatoms. The number of Topliss-reactive ketones (excluding diaryl/α,β-unsaturated/α-hetero) is 1. The predicted molar refractivity (Wildman–Crippen MR) is 84.5 cm³/mol. The van der Waals surface area contributed by atoms with Crippen LogP contribution in [-0.2, 0) is 10.0 Å². The third-order valence-electron chi connectivity index (χ3n) is 3.47. The fourth-order valence-electron chi connectivity index (χ4n) is 2.27. The second-order valence-electron chi connectivity index (χ2n) is 4.95. The summed E-state index contributed by atoms with van der Waals surface area (Å²) in [5.41, 5.74) is 0.439. The van der Waals surface area contributed by atoms with Crippen molar-refractivity contribution in [2.75, 3.05) is 13.1 Å². The first-order chi connectivity index (χ1) is 9.53. The van der Waals surface area contributed by atoms with E-state index in [0.717, 1.165) is 19.4 Å². The summed E-state index contributed by atoms with van der Waals surface area (Å²) in [6.45, 7) is 3.08. The summed E-state index contributed by atoms with van der Waals surface area (Å²) in [5.74, 6) is -0.0560. The number of halogens is 1. The van der Waals surface area contributed by atoms with Crippen molar-refractivity contribution in [3.05, 3.63) is 29.8 Å². The van der Waals surface area contributed by atoms with Crippen molar-refractivity contribution in [1.29, 1.82) is 0 Å². The van der Waals surface area contributed by atoms with E-state index < -0.39 is 10.0 Å². The number of rotatable bonds is 6. The number of carbonyl (C=O) groups excluding carboxylic acids is 1. The van der Waals surface area contributed by atoms with Crippen molar-refractivity contribution in [2.24, 2.45) is 0 Å². The van der Waals surface area contributed by atoms with Crippen LogP contribution in [0.25, 0.3) is 0 Å². The van der Waals surface area contributed by atoms with Gasteiger partial charge in [-0.15, -0.1) is 12.4 Å². The van der Waals surface area contributed by atoms with Crippen LogP contribution >= 0.6 is 12.4 Å². The molecule has 1 aromatic rings. The zero-order valence-electron chi connectivity index (χ0n) is 12.0. The largest absolute Gasteiger partial charge is 0.313 e. The number of hydrogen-bond acceptors (Lipinski definition) is 4. The molecule has 2 N–H and O–H groups in total. The van der Waals surface area contributed by atoms with Crippen molar-refractivity contribution in [2.45, 2.75) is 37.1 Å². The maximum Gasteiger partial charge on any atom is 0.240 e. The van der Waals surface area contributed by atoms with E-state index in [1.165, 1.54) is 12.1 Å². The van der Waals surface area contributed by atoms with Crippen molar-refractivity contribution in [1.82, 2.24) is 10.0 Å². The molecule has 118 valence electrons. The molecule has 0 amide bonds. The van der Waals surface area contributed by atoms with Gasteiger partial charge < -0.3 is 5.32 Å². The highest BCUT2D eigenvalue weighted by molar-refractivity contribution is 7.89. The lowest BCUT2D eigenvalue weighted by molar-refractivity contribution is 0.0988. The van der Waals surface area contributed by atoms with Gasteiger partial charge in [0.25, 0.3) is 0 Å². The first kappa shape index (κ1) is 18.1. The molecule has 1 unspecified atom stereocenters. The van der Waals surface area contributed by atoms with Crippen LogP contribution in [0.2, 0.25) is 0 Å². The smallest absolute Gasteiger partial charge is 0.240 e. The lowest BCUT2D eigenvalue weighted by Crippen LogP contribution is -2.37. The minimum Gasteiger partial charge on any atom is -0.313 e. The molecule has 0 spiro atoms. The van der Waals surface area contributed by atoms with Gasteiger partial charge in [-0.3, -0.25) is 4.79 Å². The summed E-state index contributed by atoms with van der Waals surface area (Å²) in [5, 5.41) is 3.24. The summed E-state index contributed by atoms with van der Waals surface area (Å²) < 4.78 is 27.0. The molecular formula is C14H21ClN2O3S. The highest BCUT2D eigenvalue weighted by Gasteiger charge is 2.19. The Bertz CT molecular complexity index is 584. The second-order valence-corrected chi connectivity index (χ2v) is 6.72. The van der Waals surface area contributed by atoms with Gasteiger partial charge in [0.15, 0.2) is 5.78 Å². The van der Waals surface area contributed by atoms with Crippen LogP contribution in [0.5, 0.6) is 0 Å². The third-order valence-corrected chi connectivity index (χ3v) is 4.89. The molecule has 0 aromatic heterocycles. The SMILES string of the molecule is CCC(=O)c1cccc(S(=O)(=O)NCC2CCCN2)c1.Cl. The van der Waals surface area contributed by atoms with E-state index in [0.29, 0.717) is 18.5 Å². The van der Waals surface area contributed by atoms with Crippen LogP contribution < -0.4 is 10.0 Å². The minimum absolute atomic E-state index is 0. The van der Waals surface area contributed by atoms with E-state index in [1.54, 1.807) is 19.1 Å². The maximum absolute atomic E-state index is 12.2. The summed E-state index contributed by atoms with van der Waals surface area (Å²) in [6, 6.07) is 6.40. The Morgan fingerprint density at radius 2 is 2.19 bits per heavy atom. The fourth-order valence-corrected chi connectivity index (χ4v) is 3.39. The molecule has 1 aliphatic rings. The van der Waals surface area contributed by atoms with Gasteiger partial charge in [-0.1, -0.05) is 19.1 Å². The molecule has 5 nitrogen and oxygen atoms in total. The number of hydrogen-bond donors (Lipinski definition) is 2. The molecule has 1 aromatic carbocycles. The van der Waals surface area contributed by atoms with E-state index >= 15 is 0 Å². The monoisotopic (exact) mass is 332 g/mol. The van der Waals surface area contributed by atoms with Crippen LogP contribution in [-0.4, -0.2) is 33.3 Å². The van der Waals surface area contributed by atoms with Crippen molar-refractivity contribution < 1.29 is 13.2 Å². The highest BCUT2D eigenvalue weighted by atomic mass is 35.5. The molecule has 0 bridgehead atoms. The van der Waals surface area contributed by atoms with Crippen LogP contribution in [0.15, 0.2) is 29.2 Å². The number of nitrogens with one attached hydrogen (secondary N) is 2. The zero-order chi connectivity index (χ0) is 14.6. The minimum atomic E-state index is -3.55. The molecule has 2 rings (SSSR count). The molecule has 0 radical (unpaired) electrons. The first-order valence-electron chi connectivity index (χ1n) is 6.89. The van der Waals surface area contributed by atoms with Crippen molar-refractivity contribution >= 4 is 28.2 Å². The topological polar surface area (TPSA) is 75.3 Å². The van der Waals surface area contributed by atoms with Gasteiger partial charge >= 0.3 is 0 Å². The Labute approximate surface area is 132 Å². The van der Waals surface area contributed by atoms with E-state index in [-0.39, 0.29) is 29.1 Å². The van der Waals surface area contributed by atoms with Crippen LogP contribution in [0, 0.1) is 0 Å². The molecule has 1 atom stereocenters. The average Bonchev–Trinajstić information content (AvgIpc) is 2.98. The summed E-state index contributed by atoms with van der Waals surface area (Å²) in [4.78, 5) is 11.8. The highest BCUT2D eigenvalue weighted by Crippen LogP contribution is 2.13. The Hall–Kier alpha value is -0.950. The van der Waals surface area contributed by atoms with Crippen molar-refractivity contribution in [3.63, 3.8) is 0 Å². The molecule has 1 fully saturated rings. The van der Waals surface area contributed by atoms with Crippen LogP contribution in [0.3, 0.4) is 0 Å². The molecule has 1 heterocycles. The fraction of sp³-hybridized carbons (Fsp3) is 0.500. The number of benzene rings is 1.